The molecule has 108 valence electrons. The predicted molar refractivity (Wildman–Crippen MR) is 72.9 cm³/mol. The summed E-state index contributed by atoms with van der Waals surface area (Å²) in [5.74, 6) is 0.544. The Balaban J connectivity index is 2.37. The van der Waals surface area contributed by atoms with E-state index in [-0.39, 0.29) is 18.3 Å². The Morgan fingerprint density at radius 2 is 1.94 bits per heavy atom. The molecule has 1 N–H and O–H groups in total. The highest BCUT2D eigenvalue weighted by Crippen LogP contribution is 2.29. The van der Waals surface area contributed by atoms with E-state index in [1.165, 1.54) is 0 Å². The molecule has 0 spiro atoms. The molecule has 0 aromatic carbocycles. The molecule has 1 aliphatic carbocycles. The summed E-state index contributed by atoms with van der Waals surface area (Å²) in [6.07, 6.45) is 1.72. The third-order valence-corrected chi connectivity index (χ3v) is 3.64. The van der Waals surface area contributed by atoms with Crippen molar-refractivity contribution < 1.29 is 14.2 Å². The molecule has 1 rings (SSSR count). The fraction of sp³-hybridized carbons (Fsp3) is 1.00. The normalized spacial score (nSPS) is 29.3. The Hall–Kier alpha value is -0.160. The molecule has 1 aliphatic rings. The lowest BCUT2D eigenvalue weighted by molar-refractivity contribution is -0.174. The molecule has 4 unspecified atom stereocenters. The van der Waals surface area contributed by atoms with Gasteiger partial charge in [0.2, 0.25) is 0 Å². The van der Waals surface area contributed by atoms with E-state index < -0.39 is 0 Å². The monoisotopic (exact) mass is 259 g/mol. The number of methoxy groups -OCH3 is 1. The van der Waals surface area contributed by atoms with Crippen LogP contribution in [0.5, 0.6) is 0 Å². The topological polar surface area (TPSA) is 39.7 Å². The second kappa shape index (κ2) is 8.10. The van der Waals surface area contributed by atoms with Crippen LogP contribution in [0.3, 0.4) is 0 Å². The van der Waals surface area contributed by atoms with Gasteiger partial charge in [-0.3, -0.25) is 0 Å². The summed E-state index contributed by atoms with van der Waals surface area (Å²) in [6.45, 7) is 10.9. The van der Waals surface area contributed by atoms with Gasteiger partial charge in [-0.25, -0.2) is 0 Å². The average molecular weight is 259 g/mol. The average Bonchev–Trinajstić information content (AvgIpc) is 2.32. The second-order valence-electron chi connectivity index (χ2n) is 5.35. The van der Waals surface area contributed by atoms with Crippen molar-refractivity contribution in [2.24, 2.45) is 5.92 Å². The lowest BCUT2D eigenvalue weighted by Gasteiger charge is -2.45. The van der Waals surface area contributed by atoms with E-state index in [1.54, 1.807) is 7.11 Å². The highest BCUT2D eigenvalue weighted by atomic mass is 16.6. The van der Waals surface area contributed by atoms with Crippen molar-refractivity contribution in [3.8, 4) is 0 Å². The van der Waals surface area contributed by atoms with Gasteiger partial charge in [0, 0.05) is 13.2 Å². The molecular formula is C14H29NO3. The minimum absolute atomic E-state index is 0.168. The van der Waals surface area contributed by atoms with E-state index in [9.17, 15) is 0 Å². The van der Waals surface area contributed by atoms with Crippen LogP contribution in [0, 0.1) is 5.92 Å². The van der Waals surface area contributed by atoms with Gasteiger partial charge in [-0.1, -0.05) is 20.8 Å². The van der Waals surface area contributed by atoms with Crippen LogP contribution < -0.4 is 5.32 Å². The van der Waals surface area contributed by atoms with Gasteiger partial charge in [-0.2, -0.15) is 0 Å². The maximum Gasteiger partial charge on any atom is 0.0991 e. The van der Waals surface area contributed by atoms with Crippen molar-refractivity contribution >= 4 is 0 Å². The summed E-state index contributed by atoms with van der Waals surface area (Å²) < 4.78 is 17.0. The Bertz CT molecular complexity index is 223. The third-order valence-electron chi connectivity index (χ3n) is 3.64. The quantitative estimate of drug-likeness (QED) is 0.641. The number of nitrogens with one attached hydrogen (secondary N) is 1. The Morgan fingerprint density at radius 3 is 2.50 bits per heavy atom. The maximum absolute atomic E-state index is 6.06. The molecule has 0 saturated heterocycles. The number of hydrogen-bond donors (Lipinski definition) is 1. The van der Waals surface area contributed by atoms with E-state index in [4.69, 9.17) is 14.2 Å². The van der Waals surface area contributed by atoms with Gasteiger partial charge in [-0.15, -0.1) is 0 Å². The summed E-state index contributed by atoms with van der Waals surface area (Å²) in [4.78, 5) is 0. The summed E-state index contributed by atoms with van der Waals surface area (Å²) >= 11 is 0. The highest BCUT2D eigenvalue weighted by molar-refractivity contribution is 4.97. The van der Waals surface area contributed by atoms with Crippen molar-refractivity contribution in [3.05, 3.63) is 0 Å². The molecule has 0 heterocycles. The van der Waals surface area contributed by atoms with Gasteiger partial charge in [0.1, 0.15) is 0 Å². The lowest BCUT2D eigenvalue weighted by atomic mass is 9.84. The smallest absolute Gasteiger partial charge is 0.0991 e. The molecule has 18 heavy (non-hydrogen) atoms. The summed E-state index contributed by atoms with van der Waals surface area (Å²) in [7, 11) is 1.70. The zero-order valence-electron chi connectivity index (χ0n) is 12.4. The number of likely N-dealkylation sites (N-methyl/N-ethyl adjacent to an activating group) is 1. The van der Waals surface area contributed by atoms with Crippen molar-refractivity contribution in [1.29, 1.82) is 0 Å². The molecule has 4 nitrogen and oxygen atoms in total. The maximum atomic E-state index is 6.06. The van der Waals surface area contributed by atoms with Crippen molar-refractivity contribution in [3.63, 3.8) is 0 Å². The number of hydrogen-bond acceptors (Lipinski definition) is 4. The van der Waals surface area contributed by atoms with Gasteiger partial charge in [0.25, 0.3) is 0 Å². The number of rotatable bonds is 9. The Labute approximate surface area is 111 Å². The van der Waals surface area contributed by atoms with Crippen LogP contribution >= 0.6 is 0 Å². The van der Waals surface area contributed by atoms with Crippen LogP contribution in [-0.2, 0) is 14.2 Å². The van der Waals surface area contributed by atoms with E-state index >= 15 is 0 Å². The van der Waals surface area contributed by atoms with Crippen LogP contribution in [0.1, 0.15) is 34.1 Å². The first kappa shape index (κ1) is 15.9. The fourth-order valence-electron chi connectivity index (χ4n) is 2.10. The molecule has 0 aromatic rings. The molecule has 0 amide bonds. The largest absolute Gasteiger partial charge is 0.382 e. The lowest BCUT2D eigenvalue weighted by Crippen LogP contribution is -2.61. The zero-order chi connectivity index (χ0) is 13.5. The molecule has 0 aromatic heterocycles. The van der Waals surface area contributed by atoms with Gasteiger partial charge < -0.3 is 19.5 Å². The second-order valence-corrected chi connectivity index (χ2v) is 5.35. The molecule has 1 saturated carbocycles. The first-order valence-electron chi connectivity index (χ1n) is 7.09. The predicted octanol–water partition coefficient (Wildman–Crippen LogP) is 1.83. The minimum Gasteiger partial charge on any atom is -0.382 e. The van der Waals surface area contributed by atoms with E-state index in [2.05, 4.69) is 33.0 Å². The highest BCUT2D eigenvalue weighted by Gasteiger charge is 2.43. The van der Waals surface area contributed by atoms with Gasteiger partial charge in [0.15, 0.2) is 0 Å². The minimum atomic E-state index is 0.168. The van der Waals surface area contributed by atoms with Gasteiger partial charge in [-0.05, 0) is 25.8 Å². The molecule has 0 bridgehead atoms. The number of ether oxygens (including phenoxy) is 3. The van der Waals surface area contributed by atoms with E-state index in [1.807, 2.05) is 0 Å². The molecular weight excluding hydrogens is 230 g/mol. The molecule has 4 atom stereocenters. The van der Waals surface area contributed by atoms with Crippen molar-refractivity contribution in [2.45, 2.75) is 58.5 Å². The van der Waals surface area contributed by atoms with Crippen molar-refractivity contribution in [1.82, 2.24) is 5.32 Å². The van der Waals surface area contributed by atoms with Crippen LogP contribution in [0.2, 0.25) is 0 Å². The molecule has 0 aliphatic heterocycles. The van der Waals surface area contributed by atoms with E-state index in [0.717, 1.165) is 13.0 Å². The molecule has 0 radical (unpaired) electrons. The van der Waals surface area contributed by atoms with Crippen LogP contribution in [-0.4, -0.2) is 51.2 Å². The third kappa shape index (κ3) is 4.50. The molecule has 1 fully saturated rings. The van der Waals surface area contributed by atoms with Gasteiger partial charge >= 0.3 is 0 Å². The zero-order valence-corrected chi connectivity index (χ0v) is 12.4. The fourth-order valence-corrected chi connectivity index (χ4v) is 2.10. The summed E-state index contributed by atoms with van der Waals surface area (Å²) in [6, 6.07) is 0.427. The Kier molecular flexibility index (Phi) is 7.15. The van der Waals surface area contributed by atoms with Crippen LogP contribution in [0.15, 0.2) is 0 Å². The SMILES string of the molecule is CCNC1CC(OC(C)C(C)C)C1OCCOC. The van der Waals surface area contributed by atoms with E-state index in [0.29, 0.717) is 25.2 Å². The first-order chi connectivity index (χ1) is 8.60. The Morgan fingerprint density at radius 1 is 1.22 bits per heavy atom. The van der Waals surface area contributed by atoms with Crippen LogP contribution in [0.25, 0.3) is 0 Å². The summed E-state index contributed by atoms with van der Waals surface area (Å²) in [5, 5.41) is 3.45. The first-order valence-corrected chi connectivity index (χ1v) is 7.09. The summed E-state index contributed by atoms with van der Waals surface area (Å²) in [5.41, 5.74) is 0. The van der Waals surface area contributed by atoms with Crippen LogP contribution in [0.4, 0.5) is 0 Å². The van der Waals surface area contributed by atoms with Crippen molar-refractivity contribution in [2.75, 3.05) is 26.9 Å². The molecule has 4 heteroatoms. The standard InChI is InChI=1S/C14H29NO3/c1-6-15-12-9-13(18-11(4)10(2)3)14(12)17-8-7-16-5/h10-15H,6-9H2,1-5H3. The van der Waals surface area contributed by atoms with Gasteiger partial charge in [0.05, 0.1) is 31.5 Å².